The molecule has 1 aromatic heterocycles. The van der Waals surface area contributed by atoms with Crippen LogP contribution in [0.15, 0.2) is 23.0 Å². The van der Waals surface area contributed by atoms with Gasteiger partial charge in [0.25, 0.3) is 0 Å². The molecular formula is C14H24N2O. The van der Waals surface area contributed by atoms with Crippen LogP contribution in [-0.4, -0.2) is 24.0 Å². The highest BCUT2D eigenvalue weighted by Gasteiger charge is 2.40. The second kappa shape index (κ2) is 5.23. The molecule has 2 rings (SSSR count). The third kappa shape index (κ3) is 2.40. The Labute approximate surface area is 104 Å². The Morgan fingerprint density at radius 3 is 2.94 bits per heavy atom. The average Bonchev–Trinajstić information content (AvgIpc) is 2.82. The second-order valence-electron chi connectivity index (χ2n) is 5.44. The zero-order valence-corrected chi connectivity index (χ0v) is 11.0. The van der Waals surface area contributed by atoms with E-state index in [2.05, 4.69) is 18.9 Å². The quantitative estimate of drug-likeness (QED) is 0.874. The monoisotopic (exact) mass is 236 g/mol. The van der Waals surface area contributed by atoms with Crippen molar-refractivity contribution in [3.05, 3.63) is 24.2 Å². The van der Waals surface area contributed by atoms with E-state index in [4.69, 9.17) is 10.2 Å². The van der Waals surface area contributed by atoms with Gasteiger partial charge in [-0.05, 0) is 31.9 Å². The summed E-state index contributed by atoms with van der Waals surface area (Å²) >= 11 is 0. The van der Waals surface area contributed by atoms with E-state index in [0.717, 1.165) is 13.1 Å². The van der Waals surface area contributed by atoms with Crippen LogP contribution in [0.3, 0.4) is 0 Å². The molecule has 2 unspecified atom stereocenters. The maximum Gasteiger partial charge on any atom is 0.0947 e. The minimum Gasteiger partial charge on any atom is -0.472 e. The Bertz CT molecular complexity index is 336. The van der Waals surface area contributed by atoms with Gasteiger partial charge in [0.05, 0.1) is 12.5 Å². The van der Waals surface area contributed by atoms with Gasteiger partial charge in [0, 0.05) is 24.2 Å². The molecule has 0 spiro atoms. The van der Waals surface area contributed by atoms with Crippen LogP contribution in [0.5, 0.6) is 0 Å². The molecule has 1 aliphatic carbocycles. The number of nitrogens with zero attached hydrogens (tertiary/aromatic N) is 1. The summed E-state index contributed by atoms with van der Waals surface area (Å²) in [7, 11) is 2.20. The van der Waals surface area contributed by atoms with Crippen molar-refractivity contribution in [1.29, 1.82) is 0 Å². The van der Waals surface area contributed by atoms with E-state index in [1.54, 1.807) is 6.26 Å². The maximum atomic E-state index is 6.09. The average molecular weight is 236 g/mol. The van der Waals surface area contributed by atoms with Gasteiger partial charge >= 0.3 is 0 Å². The molecule has 3 heteroatoms. The molecule has 0 amide bonds. The Morgan fingerprint density at radius 1 is 1.53 bits per heavy atom. The Morgan fingerprint density at radius 2 is 2.35 bits per heavy atom. The highest BCUT2D eigenvalue weighted by molar-refractivity contribution is 5.07. The third-order valence-corrected chi connectivity index (χ3v) is 4.53. The molecule has 0 aliphatic heterocycles. The van der Waals surface area contributed by atoms with Gasteiger partial charge in [-0.1, -0.05) is 19.8 Å². The van der Waals surface area contributed by atoms with Crippen LogP contribution >= 0.6 is 0 Å². The van der Waals surface area contributed by atoms with Crippen molar-refractivity contribution in [1.82, 2.24) is 4.90 Å². The van der Waals surface area contributed by atoms with Gasteiger partial charge in [0.2, 0.25) is 0 Å². The molecule has 1 saturated carbocycles. The van der Waals surface area contributed by atoms with Gasteiger partial charge in [-0.15, -0.1) is 0 Å². The predicted octanol–water partition coefficient (Wildman–Crippen LogP) is 2.62. The molecule has 3 nitrogen and oxygen atoms in total. The Hall–Kier alpha value is -0.800. The van der Waals surface area contributed by atoms with Gasteiger partial charge in [-0.3, -0.25) is 4.90 Å². The highest BCUT2D eigenvalue weighted by atomic mass is 16.3. The van der Waals surface area contributed by atoms with Crippen LogP contribution in [0.25, 0.3) is 0 Å². The van der Waals surface area contributed by atoms with Gasteiger partial charge < -0.3 is 10.2 Å². The van der Waals surface area contributed by atoms with Crippen LogP contribution < -0.4 is 5.73 Å². The van der Waals surface area contributed by atoms with E-state index >= 15 is 0 Å². The third-order valence-electron chi connectivity index (χ3n) is 4.53. The molecule has 0 aromatic carbocycles. The normalized spacial score (nSPS) is 29.8. The second-order valence-corrected chi connectivity index (χ2v) is 5.44. The fraction of sp³-hybridized carbons (Fsp3) is 0.714. The number of hydrogen-bond donors (Lipinski definition) is 1. The lowest BCUT2D eigenvalue weighted by atomic mass is 9.72. The number of rotatable bonds is 4. The smallest absolute Gasteiger partial charge is 0.0947 e. The molecule has 0 bridgehead atoms. The molecule has 1 aromatic rings. The van der Waals surface area contributed by atoms with Crippen molar-refractivity contribution < 1.29 is 4.42 Å². The summed E-state index contributed by atoms with van der Waals surface area (Å²) < 4.78 is 5.14. The summed E-state index contributed by atoms with van der Waals surface area (Å²) in [6.07, 6.45) is 8.74. The van der Waals surface area contributed by atoms with E-state index in [-0.39, 0.29) is 5.54 Å². The van der Waals surface area contributed by atoms with Crippen LogP contribution in [0.4, 0.5) is 0 Å². The Kier molecular flexibility index (Phi) is 3.89. The van der Waals surface area contributed by atoms with Crippen LogP contribution in [0, 0.1) is 5.92 Å². The first kappa shape index (κ1) is 12.7. The minimum absolute atomic E-state index is 0.176. The summed E-state index contributed by atoms with van der Waals surface area (Å²) in [4.78, 5) is 2.43. The van der Waals surface area contributed by atoms with Crippen LogP contribution in [0.2, 0.25) is 0 Å². The number of hydrogen-bond acceptors (Lipinski definition) is 3. The SMILES string of the molecule is CC1CCCCC1(CN)N(C)Cc1ccoc1. The molecule has 0 saturated heterocycles. The van der Waals surface area contributed by atoms with Crippen molar-refractivity contribution in [2.75, 3.05) is 13.6 Å². The summed E-state index contributed by atoms with van der Waals surface area (Å²) in [5.41, 5.74) is 7.50. The molecule has 1 aliphatic rings. The maximum absolute atomic E-state index is 6.09. The molecule has 1 fully saturated rings. The van der Waals surface area contributed by atoms with Crippen molar-refractivity contribution >= 4 is 0 Å². The van der Waals surface area contributed by atoms with Crippen molar-refractivity contribution in [3.8, 4) is 0 Å². The van der Waals surface area contributed by atoms with Crippen LogP contribution in [0.1, 0.15) is 38.2 Å². The zero-order chi connectivity index (χ0) is 12.3. The first-order valence-corrected chi connectivity index (χ1v) is 6.61. The lowest BCUT2D eigenvalue weighted by Crippen LogP contribution is -2.57. The van der Waals surface area contributed by atoms with E-state index < -0.39 is 0 Å². The first-order chi connectivity index (χ1) is 8.19. The van der Waals surface area contributed by atoms with Crippen molar-refractivity contribution in [2.24, 2.45) is 11.7 Å². The lowest BCUT2D eigenvalue weighted by Gasteiger charge is -2.48. The fourth-order valence-corrected chi connectivity index (χ4v) is 3.24. The first-order valence-electron chi connectivity index (χ1n) is 6.61. The molecular weight excluding hydrogens is 212 g/mol. The van der Waals surface area contributed by atoms with E-state index in [0.29, 0.717) is 5.92 Å². The highest BCUT2D eigenvalue weighted by Crippen LogP contribution is 2.37. The van der Waals surface area contributed by atoms with Gasteiger partial charge in [-0.2, -0.15) is 0 Å². The zero-order valence-electron chi connectivity index (χ0n) is 11.0. The molecule has 17 heavy (non-hydrogen) atoms. The van der Waals surface area contributed by atoms with Crippen molar-refractivity contribution in [3.63, 3.8) is 0 Å². The molecule has 1 heterocycles. The number of nitrogens with two attached hydrogens (primary N) is 1. The summed E-state index contributed by atoms with van der Waals surface area (Å²) in [6, 6.07) is 2.04. The summed E-state index contributed by atoms with van der Waals surface area (Å²) in [6.45, 7) is 4.03. The number of furan rings is 1. The lowest BCUT2D eigenvalue weighted by molar-refractivity contribution is 0.0277. The van der Waals surface area contributed by atoms with Gasteiger partial charge in [0.15, 0.2) is 0 Å². The van der Waals surface area contributed by atoms with E-state index in [1.165, 1.54) is 31.2 Å². The Balaban J connectivity index is 2.10. The standard InChI is InChI=1S/C14H24N2O/c1-12-5-3-4-7-14(12,11-15)16(2)9-13-6-8-17-10-13/h6,8,10,12H,3-5,7,9,11,15H2,1-2H3. The predicted molar refractivity (Wildman–Crippen MR) is 69.6 cm³/mol. The molecule has 2 atom stereocenters. The molecule has 2 N–H and O–H groups in total. The number of likely N-dealkylation sites (N-methyl/N-ethyl adjacent to an activating group) is 1. The van der Waals surface area contributed by atoms with Crippen LogP contribution in [-0.2, 0) is 6.54 Å². The van der Waals surface area contributed by atoms with E-state index in [9.17, 15) is 0 Å². The largest absolute Gasteiger partial charge is 0.472 e. The van der Waals surface area contributed by atoms with E-state index in [1.807, 2.05) is 12.3 Å². The molecule has 96 valence electrons. The van der Waals surface area contributed by atoms with Gasteiger partial charge in [0.1, 0.15) is 0 Å². The summed E-state index contributed by atoms with van der Waals surface area (Å²) in [5.74, 6) is 0.679. The minimum atomic E-state index is 0.176. The summed E-state index contributed by atoms with van der Waals surface area (Å²) in [5, 5.41) is 0. The topological polar surface area (TPSA) is 42.4 Å². The molecule has 0 radical (unpaired) electrons. The fourth-order valence-electron chi connectivity index (χ4n) is 3.24. The van der Waals surface area contributed by atoms with Gasteiger partial charge in [-0.25, -0.2) is 0 Å². The van der Waals surface area contributed by atoms with Crippen molar-refractivity contribution in [2.45, 2.75) is 44.7 Å².